The molecule has 0 aliphatic carbocycles. The Bertz CT molecular complexity index is 322. The lowest BCUT2D eigenvalue weighted by molar-refractivity contribution is 0.287. The van der Waals surface area contributed by atoms with Gasteiger partial charge in [-0.15, -0.1) is 0 Å². The van der Waals surface area contributed by atoms with E-state index >= 15 is 0 Å². The standard InChI is InChI=1S/C12H17NO/c1-2-11(13)9-5-3-7-12-10(9)6-4-8-14-12/h3,5,7,11H,2,4,6,8,13H2,1H3/t11-/m1/s1. The van der Waals surface area contributed by atoms with E-state index in [1.54, 1.807) is 0 Å². The molecule has 2 N–H and O–H groups in total. The van der Waals surface area contributed by atoms with E-state index in [-0.39, 0.29) is 6.04 Å². The van der Waals surface area contributed by atoms with Crippen molar-refractivity contribution in [2.24, 2.45) is 5.73 Å². The quantitative estimate of drug-likeness (QED) is 0.779. The molecule has 1 heterocycles. The second kappa shape index (κ2) is 4.01. The summed E-state index contributed by atoms with van der Waals surface area (Å²) in [6.07, 6.45) is 3.20. The Morgan fingerprint density at radius 2 is 2.36 bits per heavy atom. The molecule has 2 rings (SSSR count). The molecule has 14 heavy (non-hydrogen) atoms. The summed E-state index contributed by atoms with van der Waals surface area (Å²) >= 11 is 0. The van der Waals surface area contributed by atoms with Crippen molar-refractivity contribution in [3.05, 3.63) is 29.3 Å². The fourth-order valence-electron chi connectivity index (χ4n) is 1.98. The third-order valence-corrected chi connectivity index (χ3v) is 2.84. The third-order valence-electron chi connectivity index (χ3n) is 2.84. The van der Waals surface area contributed by atoms with Gasteiger partial charge >= 0.3 is 0 Å². The summed E-state index contributed by atoms with van der Waals surface area (Å²) in [6, 6.07) is 6.36. The first-order valence-electron chi connectivity index (χ1n) is 5.33. The normalized spacial score (nSPS) is 17.0. The molecule has 0 aromatic heterocycles. The van der Waals surface area contributed by atoms with Gasteiger partial charge in [0.2, 0.25) is 0 Å². The van der Waals surface area contributed by atoms with Gasteiger partial charge in [0.1, 0.15) is 5.75 Å². The zero-order valence-corrected chi connectivity index (χ0v) is 8.62. The number of nitrogens with two attached hydrogens (primary N) is 1. The molecule has 0 saturated heterocycles. The van der Waals surface area contributed by atoms with Crippen molar-refractivity contribution < 1.29 is 4.74 Å². The zero-order valence-electron chi connectivity index (χ0n) is 8.62. The molecule has 1 aliphatic heterocycles. The van der Waals surface area contributed by atoms with Crippen LogP contribution in [0.5, 0.6) is 5.75 Å². The Morgan fingerprint density at radius 1 is 1.50 bits per heavy atom. The van der Waals surface area contributed by atoms with E-state index in [0.29, 0.717) is 0 Å². The van der Waals surface area contributed by atoms with Crippen LogP contribution in [0.1, 0.15) is 36.9 Å². The average Bonchev–Trinajstić information content (AvgIpc) is 2.27. The summed E-state index contributed by atoms with van der Waals surface area (Å²) in [5, 5.41) is 0. The van der Waals surface area contributed by atoms with Crippen molar-refractivity contribution in [1.29, 1.82) is 0 Å². The number of ether oxygens (including phenoxy) is 1. The van der Waals surface area contributed by atoms with Gasteiger partial charge in [-0.3, -0.25) is 0 Å². The van der Waals surface area contributed by atoms with Crippen LogP contribution in [0.15, 0.2) is 18.2 Å². The number of benzene rings is 1. The van der Waals surface area contributed by atoms with Crippen molar-refractivity contribution in [2.45, 2.75) is 32.2 Å². The van der Waals surface area contributed by atoms with Gasteiger partial charge in [0, 0.05) is 6.04 Å². The Balaban J connectivity index is 2.39. The summed E-state index contributed by atoms with van der Waals surface area (Å²) in [5.41, 5.74) is 8.66. The highest BCUT2D eigenvalue weighted by molar-refractivity contribution is 5.42. The summed E-state index contributed by atoms with van der Waals surface area (Å²) in [6.45, 7) is 2.96. The van der Waals surface area contributed by atoms with Gasteiger partial charge in [0.25, 0.3) is 0 Å². The highest BCUT2D eigenvalue weighted by Gasteiger charge is 2.16. The molecular weight excluding hydrogens is 174 g/mol. The summed E-state index contributed by atoms with van der Waals surface area (Å²) in [5.74, 6) is 1.04. The van der Waals surface area contributed by atoms with Crippen LogP contribution in [0.2, 0.25) is 0 Å². The predicted octanol–water partition coefficient (Wildman–Crippen LogP) is 2.42. The first-order chi connectivity index (χ1) is 6.83. The SMILES string of the molecule is CC[C@@H](N)c1cccc2c1CCCO2. The molecule has 1 aromatic rings. The summed E-state index contributed by atoms with van der Waals surface area (Å²) in [7, 11) is 0. The van der Waals surface area contributed by atoms with Crippen LogP contribution < -0.4 is 10.5 Å². The fraction of sp³-hybridized carbons (Fsp3) is 0.500. The molecule has 0 fully saturated rings. The van der Waals surface area contributed by atoms with E-state index in [1.165, 1.54) is 11.1 Å². The van der Waals surface area contributed by atoms with Crippen LogP contribution in [0.3, 0.4) is 0 Å². The Morgan fingerprint density at radius 3 is 3.14 bits per heavy atom. The first-order valence-corrected chi connectivity index (χ1v) is 5.33. The fourth-order valence-corrected chi connectivity index (χ4v) is 1.98. The highest BCUT2D eigenvalue weighted by Crippen LogP contribution is 2.31. The van der Waals surface area contributed by atoms with Gasteiger partial charge in [-0.25, -0.2) is 0 Å². The van der Waals surface area contributed by atoms with Gasteiger partial charge in [-0.1, -0.05) is 19.1 Å². The third kappa shape index (κ3) is 1.62. The minimum atomic E-state index is 0.159. The molecule has 0 radical (unpaired) electrons. The van der Waals surface area contributed by atoms with E-state index in [9.17, 15) is 0 Å². The molecule has 0 unspecified atom stereocenters. The summed E-state index contributed by atoms with van der Waals surface area (Å²) in [4.78, 5) is 0. The van der Waals surface area contributed by atoms with Crippen LogP contribution in [-0.4, -0.2) is 6.61 Å². The largest absolute Gasteiger partial charge is 0.493 e. The molecule has 1 atom stereocenters. The second-order valence-corrected chi connectivity index (χ2v) is 3.79. The lowest BCUT2D eigenvalue weighted by Gasteiger charge is -2.22. The zero-order chi connectivity index (χ0) is 9.97. The Hall–Kier alpha value is -1.02. The molecule has 0 bridgehead atoms. The van der Waals surface area contributed by atoms with Crippen LogP contribution in [0.4, 0.5) is 0 Å². The first kappa shape index (κ1) is 9.53. The highest BCUT2D eigenvalue weighted by atomic mass is 16.5. The number of hydrogen-bond donors (Lipinski definition) is 1. The molecule has 0 amide bonds. The Kier molecular flexibility index (Phi) is 2.73. The van der Waals surface area contributed by atoms with Gasteiger partial charge < -0.3 is 10.5 Å². The number of hydrogen-bond acceptors (Lipinski definition) is 2. The number of fused-ring (bicyclic) bond motifs is 1. The van der Waals surface area contributed by atoms with Crippen LogP contribution in [0.25, 0.3) is 0 Å². The van der Waals surface area contributed by atoms with Crippen LogP contribution >= 0.6 is 0 Å². The minimum absolute atomic E-state index is 0.159. The Labute approximate surface area is 85.1 Å². The maximum Gasteiger partial charge on any atom is 0.122 e. The minimum Gasteiger partial charge on any atom is -0.493 e. The molecule has 0 spiro atoms. The van der Waals surface area contributed by atoms with Crippen molar-refractivity contribution in [3.8, 4) is 5.75 Å². The van der Waals surface area contributed by atoms with Gasteiger partial charge in [-0.05, 0) is 36.5 Å². The topological polar surface area (TPSA) is 35.2 Å². The monoisotopic (exact) mass is 191 g/mol. The van der Waals surface area contributed by atoms with E-state index < -0.39 is 0 Å². The maximum atomic E-state index is 6.06. The average molecular weight is 191 g/mol. The van der Waals surface area contributed by atoms with Crippen molar-refractivity contribution in [2.75, 3.05) is 6.61 Å². The van der Waals surface area contributed by atoms with Gasteiger partial charge in [-0.2, -0.15) is 0 Å². The second-order valence-electron chi connectivity index (χ2n) is 3.79. The summed E-state index contributed by atoms with van der Waals surface area (Å²) < 4.78 is 5.60. The smallest absolute Gasteiger partial charge is 0.122 e. The van der Waals surface area contributed by atoms with E-state index in [1.807, 2.05) is 12.1 Å². The molecule has 1 aromatic carbocycles. The maximum absolute atomic E-state index is 6.06. The van der Waals surface area contributed by atoms with E-state index in [4.69, 9.17) is 10.5 Å². The molecule has 2 nitrogen and oxygen atoms in total. The van der Waals surface area contributed by atoms with Crippen LogP contribution in [-0.2, 0) is 6.42 Å². The van der Waals surface area contributed by atoms with Gasteiger partial charge in [0.05, 0.1) is 6.61 Å². The van der Waals surface area contributed by atoms with Crippen molar-refractivity contribution in [1.82, 2.24) is 0 Å². The molecule has 2 heteroatoms. The molecule has 1 aliphatic rings. The van der Waals surface area contributed by atoms with Crippen LogP contribution in [0, 0.1) is 0 Å². The van der Waals surface area contributed by atoms with Crippen molar-refractivity contribution in [3.63, 3.8) is 0 Å². The van der Waals surface area contributed by atoms with Gasteiger partial charge in [0.15, 0.2) is 0 Å². The van der Waals surface area contributed by atoms with Crippen molar-refractivity contribution >= 4 is 0 Å². The van der Waals surface area contributed by atoms with E-state index in [0.717, 1.165) is 31.6 Å². The van der Waals surface area contributed by atoms with E-state index in [2.05, 4.69) is 13.0 Å². The molecular formula is C12H17NO. The lowest BCUT2D eigenvalue weighted by atomic mass is 9.94. The predicted molar refractivity (Wildman–Crippen MR) is 57.5 cm³/mol. The lowest BCUT2D eigenvalue weighted by Crippen LogP contribution is -2.16. The molecule has 0 saturated carbocycles. The number of rotatable bonds is 2. The molecule has 76 valence electrons.